The largest absolute Gasteiger partial charge is 0.497 e. The highest BCUT2D eigenvalue weighted by molar-refractivity contribution is 6.30. The van der Waals surface area contributed by atoms with Gasteiger partial charge >= 0.3 is 0 Å². The summed E-state index contributed by atoms with van der Waals surface area (Å²) < 4.78 is 17.1. The zero-order chi connectivity index (χ0) is 19.6. The van der Waals surface area contributed by atoms with Crippen molar-refractivity contribution < 1.29 is 19.0 Å². The van der Waals surface area contributed by atoms with Crippen LogP contribution in [0.4, 0.5) is 0 Å². The van der Waals surface area contributed by atoms with Gasteiger partial charge in [0, 0.05) is 23.1 Å². The van der Waals surface area contributed by atoms with E-state index in [9.17, 15) is 4.79 Å². The molecule has 0 saturated heterocycles. The fourth-order valence-corrected chi connectivity index (χ4v) is 3.35. The molecule has 1 aliphatic heterocycles. The van der Waals surface area contributed by atoms with E-state index < -0.39 is 11.7 Å². The molecule has 2 aromatic carbocycles. The molecular weight excluding hydrogens is 366 g/mol. The van der Waals surface area contributed by atoms with Gasteiger partial charge in [-0.25, -0.2) is 0 Å². The van der Waals surface area contributed by atoms with Crippen LogP contribution in [0.1, 0.15) is 38.8 Å². The Bertz CT molecular complexity index is 837. The van der Waals surface area contributed by atoms with Crippen molar-refractivity contribution in [3.05, 3.63) is 53.1 Å². The minimum absolute atomic E-state index is 0.174. The third-order valence-corrected chi connectivity index (χ3v) is 4.71. The molecule has 1 N–H and O–H groups in total. The first kappa shape index (κ1) is 19.4. The Hall–Kier alpha value is -2.40. The molecule has 0 fully saturated rings. The van der Waals surface area contributed by atoms with Gasteiger partial charge in [0.1, 0.15) is 22.8 Å². The Balaban J connectivity index is 1.75. The summed E-state index contributed by atoms with van der Waals surface area (Å²) in [5.74, 6) is 1.80. The number of carbonyl (C=O) groups is 1. The summed E-state index contributed by atoms with van der Waals surface area (Å²) in [5.41, 5.74) is 0.521. The second-order valence-corrected chi connectivity index (χ2v) is 7.68. The van der Waals surface area contributed by atoms with Gasteiger partial charge in [0.05, 0.1) is 13.2 Å². The third-order valence-electron chi connectivity index (χ3n) is 4.47. The third kappa shape index (κ3) is 4.66. The second kappa shape index (κ2) is 7.69. The number of methoxy groups -OCH3 is 1. The van der Waals surface area contributed by atoms with E-state index in [0.29, 0.717) is 22.9 Å². The summed E-state index contributed by atoms with van der Waals surface area (Å²) in [4.78, 5) is 12.7. The van der Waals surface area contributed by atoms with E-state index in [1.165, 1.54) is 0 Å². The molecule has 0 bridgehead atoms. The summed E-state index contributed by atoms with van der Waals surface area (Å²) in [6, 6.07) is 12.5. The van der Waals surface area contributed by atoms with E-state index in [1.807, 2.05) is 32.0 Å². The van der Waals surface area contributed by atoms with Gasteiger partial charge in [-0.15, -0.1) is 0 Å². The van der Waals surface area contributed by atoms with E-state index in [1.54, 1.807) is 38.3 Å². The fourth-order valence-electron chi connectivity index (χ4n) is 3.17. The molecule has 0 radical (unpaired) electrons. The van der Waals surface area contributed by atoms with Crippen molar-refractivity contribution in [3.63, 3.8) is 0 Å². The number of hydrogen-bond donors (Lipinski definition) is 1. The number of nitrogens with one attached hydrogen (secondary N) is 1. The molecule has 6 heteroatoms. The maximum Gasteiger partial charge on any atom is 0.261 e. The van der Waals surface area contributed by atoms with E-state index in [-0.39, 0.29) is 11.9 Å². The predicted molar refractivity (Wildman–Crippen MR) is 105 cm³/mol. The highest BCUT2D eigenvalue weighted by atomic mass is 35.5. The molecule has 27 heavy (non-hydrogen) atoms. The van der Waals surface area contributed by atoms with Crippen LogP contribution in [0.15, 0.2) is 42.5 Å². The van der Waals surface area contributed by atoms with Gasteiger partial charge in [-0.05, 0) is 51.1 Å². The zero-order valence-corrected chi connectivity index (χ0v) is 16.7. The molecule has 0 aromatic heterocycles. The Morgan fingerprint density at radius 1 is 1.26 bits per heavy atom. The number of carbonyl (C=O) groups excluding carboxylic acids is 1. The Labute approximate surface area is 164 Å². The Morgan fingerprint density at radius 3 is 2.74 bits per heavy atom. The van der Waals surface area contributed by atoms with Crippen molar-refractivity contribution in [1.29, 1.82) is 0 Å². The first-order chi connectivity index (χ1) is 12.8. The molecule has 5 nitrogen and oxygen atoms in total. The fraction of sp³-hybridized carbons (Fsp3) is 0.381. The van der Waals surface area contributed by atoms with Gasteiger partial charge in [0.2, 0.25) is 0 Å². The second-order valence-electron chi connectivity index (χ2n) is 7.25. The molecule has 0 saturated carbocycles. The van der Waals surface area contributed by atoms with E-state index in [2.05, 4.69) is 5.32 Å². The summed E-state index contributed by atoms with van der Waals surface area (Å²) >= 11 is 5.97. The molecular formula is C21H24ClNO4. The molecule has 1 heterocycles. The number of benzene rings is 2. The lowest BCUT2D eigenvalue weighted by Crippen LogP contribution is -2.44. The first-order valence-corrected chi connectivity index (χ1v) is 9.25. The van der Waals surface area contributed by atoms with Crippen LogP contribution in [0, 0.1) is 0 Å². The predicted octanol–water partition coefficient (Wildman–Crippen LogP) is 4.53. The van der Waals surface area contributed by atoms with Crippen LogP contribution >= 0.6 is 11.6 Å². The maximum absolute atomic E-state index is 12.7. The SMILES string of the molecule is COc1ccc2c(c1)OC(C)(C)C[C@@H]2NC(=O)[C@@H](C)Oc1cccc(Cl)c1. The normalized spacial score (nSPS) is 18.6. The minimum atomic E-state index is -0.656. The number of ether oxygens (including phenoxy) is 3. The highest BCUT2D eigenvalue weighted by Gasteiger charge is 2.35. The lowest BCUT2D eigenvalue weighted by Gasteiger charge is -2.38. The van der Waals surface area contributed by atoms with Gasteiger partial charge in [-0.2, -0.15) is 0 Å². The van der Waals surface area contributed by atoms with Gasteiger partial charge in [0.25, 0.3) is 5.91 Å². The summed E-state index contributed by atoms with van der Waals surface area (Å²) in [7, 11) is 1.61. The highest BCUT2D eigenvalue weighted by Crippen LogP contribution is 2.41. The average Bonchev–Trinajstić information content (AvgIpc) is 2.60. The molecule has 2 aromatic rings. The molecule has 144 valence electrons. The zero-order valence-electron chi connectivity index (χ0n) is 15.9. The van der Waals surface area contributed by atoms with Crippen molar-refractivity contribution in [2.45, 2.75) is 44.9 Å². The first-order valence-electron chi connectivity index (χ1n) is 8.87. The van der Waals surface area contributed by atoms with E-state index in [0.717, 1.165) is 11.3 Å². The van der Waals surface area contributed by atoms with E-state index in [4.69, 9.17) is 25.8 Å². The monoisotopic (exact) mass is 389 g/mol. The van der Waals surface area contributed by atoms with Crippen LogP contribution in [0.3, 0.4) is 0 Å². The summed E-state index contributed by atoms with van der Waals surface area (Å²) in [6.45, 7) is 5.72. The minimum Gasteiger partial charge on any atom is -0.497 e. The van der Waals surface area contributed by atoms with E-state index >= 15 is 0 Å². The van der Waals surface area contributed by atoms with Gasteiger partial charge in [0.15, 0.2) is 6.10 Å². The maximum atomic E-state index is 12.7. The molecule has 0 spiro atoms. The molecule has 1 amide bonds. The van der Waals surface area contributed by atoms with Crippen LogP contribution in [0.2, 0.25) is 5.02 Å². The standard InChI is InChI=1S/C21H24ClNO4/c1-13(26-16-7-5-6-14(22)10-16)20(24)23-18-12-21(2,3)27-19-11-15(25-4)8-9-17(18)19/h5-11,13,18H,12H2,1-4H3,(H,23,24)/t13-,18+/m1/s1. The van der Waals surface area contributed by atoms with Crippen molar-refractivity contribution in [3.8, 4) is 17.2 Å². The van der Waals surface area contributed by atoms with Crippen molar-refractivity contribution in [2.24, 2.45) is 0 Å². The van der Waals surface area contributed by atoms with Crippen LogP contribution in [-0.2, 0) is 4.79 Å². The van der Waals surface area contributed by atoms with Gasteiger partial charge < -0.3 is 19.5 Å². The Morgan fingerprint density at radius 2 is 2.04 bits per heavy atom. The van der Waals surface area contributed by atoms with Gasteiger partial charge in [-0.3, -0.25) is 4.79 Å². The topological polar surface area (TPSA) is 56.8 Å². The van der Waals surface area contributed by atoms with Crippen molar-refractivity contribution in [2.75, 3.05) is 7.11 Å². The Kier molecular flexibility index (Phi) is 5.51. The van der Waals surface area contributed by atoms with Crippen molar-refractivity contribution >= 4 is 17.5 Å². The average molecular weight is 390 g/mol. The molecule has 2 atom stereocenters. The van der Waals surface area contributed by atoms with Gasteiger partial charge in [-0.1, -0.05) is 17.7 Å². The number of halogens is 1. The lowest BCUT2D eigenvalue weighted by molar-refractivity contribution is -0.128. The summed E-state index contributed by atoms with van der Waals surface area (Å²) in [5, 5.41) is 3.65. The smallest absolute Gasteiger partial charge is 0.261 e. The summed E-state index contributed by atoms with van der Waals surface area (Å²) in [6.07, 6.45) is -0.00165. The number of rotatable bonds is 5. The van der Waals surface area contributed by atoms with Crippen molar-refractivity contribution in [1.82, 2.24) is 5.32 Å². The van der Waals surface area contributed by atoms with Crippen LogP contribution in [0.25, 0.3) is 0 Å². The van der Waals surface area contributed by atoms with Crippen LogP contribution < -0.4 is 19.5 Å². The molecule has 0 aliphatic carbocycles. The lowest BCUT2D eigenvalue weighted by atomic mass is 9.89. The molecule has 0 unspecified atom stereocenters. The van der Waals surface area contributed by atoms with Crippen LogP contribution in [-0.4, -0.2) is 24.7 Å². The van der Waals surface area contributed by atoms with Crippen LogP contribution in [0.5, 0.6) is 17.2 Å². The number of amides is 1. The molecule has 3 rings (SSSR count). The number of hydrogen-bond acceptors (Lipinski definition) is 4. The number of fused-ring (bicyclic) bond motifs is 1. The quantitative estimate of drug-likeness (QED) is 0.815. The molecule has 1 aliphatic rings.